The SMILES string of the molecule is CCC[C@@H](CCO[Si](c1ccccc1)(c1ccccc1)C(C)(C)C)Nc1nc(NC(=O)O)nc2c(Br)nn(Cc3ccc(C4(NC(=O)OCc5ccccc5)COC4)cc3OC)c12. The number of alkyl carbamates (subject to hydrolysis) is 1. The van der Waals surface area contributed by atoms with E-state index >= 15 is 0 Å². The lowest BCUT2D eigenvalue weighted by Crippen LogP contribution is -2.66. The molecule has 2 aromatic heterocycles. The van der Waals surface area contributed by atoms with Gasteiger partial charge >= 0.3 is 12.2 Å². The molecule has 7 rings (SSSR count). The molecule has 0 aliphatic carbocycles. The summed E-state index contributed by atoms with van der Waals surface area (Å²) in [4.78, 5) is 34.1. The summed E-state index contributed by atoms with van der Waals surface area (Å²) in [6.45, 7) is 10.3. The van der Waals surface area contributed by atoms with Gasteiger partial charge in [0, 0.05) is 18.2 Å². The molecule has 0 radical (unpaired) electrons. The number of rotatable bonds is 18. The number of carbonyl (C=O) groups excluding carboxylic acids is 1. The Labute approximate surface area is 377 Å². The molecule has 6 aromatic rings. The van der Waals surface area contributed by atoms with Crippen molar-refractivity contribution >= 4 is 69.6 Å². The van der Waals surface area contributed by atoms with Crippen LogP contribution in [0.1, 0.15) is 63.6 Å². The zero-order chi connectivity index (χ0) is 44.6. The maximum Gasteiger partial charge on any atom is 0.411 e. The molecule has 2 amide bonds. The number of aromatic nitrogens is 4. The van der Waals surface area contributed by atoms with Crippen LogP contribution in [0.25, 0.3) is 11.0 Å². The van der Waals surface area contributed by atoms with Gasteiger partial charge in [-0.25, -0.2) is 14.6 Å². The Morgan fingerprint density at radius 3 is 2.16 bits per heavy atom. The molecule has 0 unspecified atom stereocenters. The molecule has 0 saturated carbocycles. The summed E-state index contributed by atoms with van der Waals surface area (Å²) in [6, 6.07) is 36.3. The van der Waals surface area contributed by atoms with E-state index in [1.165, 1.54) is 10.4 Å². The maximum absolute atomic E-state index is 13.0. The molecule has 0 spiro atoms. The fourth-order valence-electron chi connectivity index (χ4n) is 8.27. The molecular formula is C47H54BrN7O7Si. The number of carboxylic acid groups (broad SMARTS) is 1. The van der Waals surface area contributed by atoms with Crippen molar-refractivity contribution in [2.75, 3.05) is 37.6 Å². The fraction of sp³-hybridized carbons (Fsp3) is 0.340. The van der Waals surface area contributed by atoms with Gasteiger partial charge in [-0.15, -0.1) is 0 Å². The van der Waals surface area contributed by atoms with Gasteiger partial charge in [-0.3, -0.25) is 10.00 Å². The lowest BCUT2D eigenvalue weighted by molar-refractivity contribution is -0.0763. The number of nitrogens with one attached hydrogen (secondary N) is 3. The third-order valence-corrected chi connectivity index (χ3v) is 16.9. The number of hydrogen-bond acceptors (Lipinski definition) is 10. The molecule has 14 nitrogen and oxygen atoms in total. The highest BCUT2D eigenvalue weighted by Gasteiger charge is 2.50. The van der Waals surface area contributed by atoms with Gasteiger partial charge in [0.25, 0.3) is 8.32 Å². The van der Waals surface area contributed by atoms with Gasteiger partial charge in [0.05, 0.1) is 26.9 Å². The maximum atomic E-state index is 13.0. The van der Waals surface area contributed by atoms with Gasteiger partial charge < -0.3 is 34.4 Å². The molecule has 16 heteroatoms. The van der Waals surface area contributed by atoms with E-state index in [-0.39, 0.29) is 43.4 Å². The Morgan fingerprint density at radius 2 is 1.59 bits per heavy atom. The second-order valence-electron chi connectivity index (χ2n) is 16.7. The van der Waals surface area contributed by atoms with E-state index < -0.39 is 26.0 Å². The van der Waals surface area contributed by atoms with Crippen LogP contribution >= 0.6 is 15.9 Å². The van der Waals surface area contributed by atoms with Crippen LogP contribution in [0.5, 0.6) is 5.75 Å². The second kappa shape index (κ2) is 19.7. The number of methoxy groups -OCH3 is 1. The first-order valence-electron chi connectivity index (χ1n) is 21.1. The highest BCUT2D eigenvalue weighted by molar-refractivity contribution is 9.10. The third-order valence-electron chi connectivity index (χ3n) is 11.4. The van der Waals surface area contributed by atoms with Crippen molar-refractivity contribution in [1.82, 2.24) is 25.1 Å². The number of amides is 2. The standard InChI is InChI=1S/C47H54BrN7O7Si/c1-6-16-35(25-26-62-63(46(2,3)4,36-19-12-8-13-20-36)37-21-14-9-15-22-37)49-42-40-39(50-43(51-42)52-44(56)57)41(48)54-55(40)28-33-23-24-34(27-38(33)59-5)47(30-60-31-47)53-45(58)61-29-32-17-10-7-11-18-32/h7-15,17-24,27,35H,6,16,25-26,28-31H2,1-5H3,(H,53,58)(H,56,57)(H2,49,50,51,52)/t35-/m0/s1. The number of halogens is 1. The number of carbonyl (C=O) groups is 2. The van der Waals surface area contributed by atoms with E-state index in [0.29, 0.717) is 40.2 Å². The lowest BCUT2D eigenvalue weighted by Gasteiger charge is -2.43. The summed E-state index contributed by atoms with van der Waals surface area (Å²) >= 11 is 3.59. The largest absolute Gasteiger partial charge is 0.496 e. The Bertz CT molecular complexity index is 2460. The monoisotopic (exact) mass is 935 g/mol. The van der Waals surface area contributed by atoms with Gasteiger partial charge in [0.15, 0.2) is 10.4 Å². The van der Waals surface area contributed by atoms with E-state index in [4.69, 9.17) is 28.7 Å². The minimum absolute atomic E-state index is 0.0821. The molecule has 1 saturated heterocycles. The zero-order valence-corrected chi connectivity index (χ0v) is 38.8. The smallest absolute Gasteiger partial charge is 0.411 e. The first-order chi connectivity index (χ1) is 30.4. The minimum Gasteiger partial charge on any atom is -0.496 e. The Balaban J connectivity index is 1.16. The number of hydrogen-bond donors (Lipinski definition) is 4. The number of anilines is 2. The molecule has 1 aliphatic rings. The van der Waals surface area contributed by atoms with Gasteiger partial charge in [-0.05, 0) is 61.4 Å². The third kappa shape index (κ3) is 10.0. The second-order valence-corrected chi connectivity index (χ2v) is 21.7. The molecule has 330 valence electrons. The van der Waals surface area contributed by atoms with Crippen molar-refractivity contribution in [3.63, 3.8) is 0 Å². The van der Waals surface area contributed by atoms with Gasteiger partial charge in [-0.1, -0.05) is 137 Å². The van der Waals surface area contributed by atoms with Gasteiger partial charge in [-0.2, -0.15) is 10.1 Å². The summed E-state index contributed by atoms with van der Waals surface area (Å²) in [7, 11) is -1.20. The predicted molar refractivity (Wildman–Crippen MR) is 250 cm³/mol. The Morgan fingerprint density at radius 1 is 0.937 bits per heavy atom. The quantitative estimate of drug-likeness (QED) is 0.0610. The average molecular weight is 937 g/mol. The van der Waals surface area contributed by atoms with Crippen molar-refractivity contribution in [2.24, 2.45) is 0 Å². The summed E-state index contributed by atoms with van der Waals surface area (Å²) < 4.78 is 26.5. The van der Waals surface area contributed by atoms with Crippen LogP contribution in [-0.2, 0) is 32.6 Å². The summed E-state index contributed by atoms with van der Waals surface area (Å²) in [5.74, 6) is 0.911. The highest BCUT2D eigenvalue weighted by atomic mass is 79.9. The van der Waals surface area contributed by atoms with Crippen LogP contribution in [0.3, 0.4) is 0 Å². The summed E-state index contributed by atoms with van der Waals surface area (Å²) in [5, 5.41) is 25.7. The van der Waals surface area contributed by atoms with Gasteiger partial charge in [0.1, 0.15) is 28.9 Å². The predicted octanol–water partition coefficient (Wildman–Crippen LogP) is 8.43. The minimum atomic E-state index is -2.79. The molecule has 0 bridgehead atoms. The normalized spacial score (nSPS) is 14.1. The average Bonchev–Trinajstić information content (AvgIpc) is 3.57. The molecule has 1 atom stereocenters. The van der Waals surface area contributed by atoms with Crippen LogP contribution in [0.4, 0.5) is 21.4 Å². The van der Waals surface area contributed by atoms with Crippen LogP contribution < -0.4 is 31.1 Å². The zero-order valence-electron chi connectivity index (χ0n) is 36.2. The number of nitrogens with zero attached hydrogens (tertiary/aromatic N) is 4. The van der Waals surface area contributed by atoms with Crippen molar-refractivity contribution in [3.05, 3.63) is 130 Å². The van der Waals surface area contributed by atoms with Crippen molar-refractivity contribution in [1.29, 1.82) is 0 Å². The molecule has 1 aliphatic heterocycles. The molecular weight excluding hydrogens is 883 g/mol. The van der Waals surface area contributed by atoms with Crippen LogP contribution in [0.15, 0.2) is 114 Å². The number of ether oxygens (including phenoxy) is 3. The molecule has 4 N–H and O–H groups in total. The van der Waals surface area contributed by atoms with E-state index in [9.17, 15) is 14.7 Å². The first-order valence-corrected chi connectivity index (χ1v) is 23.8. The van der Waals surface area contributed by atoms with Crippen molar-refractivity contribution in [3.8, 4) is 5.75 Å². The van der Waals surface area contributed by atoms with E-state index in [1.807, 2.05) is 60.7 Å². The van der Waals surface area contributed by atoms with Crippen LogP contribution in [0.2, 0.25) is 5.04 Å². The number of fused-ring (bicyclic) bond motifs is 1. The summed E-state index contributed by atoms with van der Waals surface area (Å²) in [6.07, 6.45) is 0.484. The van der Waals surface area contributed by atoms with Crippen molar-refractivity contribution in [2.45, 2.75) is 76.7 Å². The van der Waals surface area contributed by atoms with E-state index in [2.05, 4.69) is 113 Å². The Hall–Kier alpha value is -5.81. The topological polar surface area (TPSA) is 171 Å². The highest BCUT2D eigenvalue weighted by Crippen LogP contribution is 2.38. The van der Waals surface area contributed by atoms with E-state index in [1.54, 1.807) is 11.8 Å². The Kier molecular flexibility index (Phi) is 14.1. The molecule has 3 heterocycles. The lowest BCUT2D eigenvalue weighted by atomic mass is 9.87. The molecule has 63 heavy (non-hydrogen) atoms. The number of benzene rings is 4. The van der Waals surface area contributed by atoms with Crippen LogP contribution in [-0.4, -0.2) is 78.3 Å². The summed E-state index contributed by atoms with van der Waals surface area (Å²) in [5.41, 5.74) is 2.68. The van der Waals surface area contributed by atoms with Crippen molar-refractivity contribution < 1.29 is 33.3 Å². The van der Waals surface area contributed by atoms with Gasteiger partial charge in [0.2, 0.25) is 5.95 Å². The first kappa shape index (κ1) is 45.2. The molecule has 4 aromatic carbocycles. The molecule has 1 fully saturated rings. The fourth-order valence-corrected chi connectivity index (χ4v) is 13.3. The van der Waals surface area contributed by atoms with Crippen LogP contribution in [0, 0.1) is 0 Å². The van der Waals surface area contributed by atoms with E-state index in [0.717, 1.165) is 29.5 Å².